The SMILES string of the molecule is CCCS(=O)(=O)N1CCc2ccc(NC(=O)C3CCC3)cc2C1. The van der Waals surface area contributed by atoms with Crippen molar-refractivity contribution in [2.24, 2.45) is 5.92 Å². The summed E-state index contributed by atoms with van der Waals surface area (Å²) in [6, 6.07) is 5.86. The Morgan fingerprint density at radius 3 is 2.74 bits per heavy atom. The molecular weight excluding hydrogens is 312 g/mol. The number of benzene rings is 1. The molecule has 2 aliphatic rings. The van der Waals surface area contributed by atoms with Crippen LogP contribution < -0.4 is 5.32 Å². The van der Waals surface area contributed by atoms with Gasteiger partial charge in [0.05, 0.1) is 5.75 Å². The molecule has 126 valence electrons. The van der Waals surface area contributed by atoms with E-state index in [2.05, 4.69) is 5.32 Å². The highest BCUT2D eigenvalue weighted by atomic mass is 32.2. The number of fused-ring (bicyclic) bond motifs is 1. The van der Waals surface area contributed by atoms with Gasteiger partial charge < -0.3 is 5.32 Å². The van der Waals surface area contributed by atoms with Gasteiger partial charge in [0.1, 0.15) is 0 Å². The van der Waals surface area contributed by atoms with Gasteiger partial charge in [0.15, 0.2) is 0 Å². The van der Waals surface area contributed by atoms with E-state index < -0.39 is 10.0 Å². The molecule has 0 spiro atoms. The quantitative estimate of drug-likeness (QED) is 0.898. The van der Waals surface area contributed by atoms with Gasteiger partial charge in [-0.05, 0) is 48.9 Å². The summed E-state index contributed by atoms with van der Waals surface area (Å²) in [5, 5.41) is 2.97. The lowest BCUT2D eigenvalue weighted by Crippen LogP contribution is -2.37. The molecule has 0 aromatic heterocycles. The van der Waals surface area contributed by atoms with E-state index in [0.29, 0.717) is 19.5 Å². The lowest BCUT2D eigenvalue weighted by atomic mass is 9.85. The molecule has 0 atom stereocenters. The second-order valence-electron chi connectivity index (χ2n) is 6.50. The summed E-state index contributed by atoms with van der Waals surface area (Å²) < 4.78 is 26.1. The van der Waals surface area contributed by atoms with Crippen molar-refractivity contribution >= 4 is 21.6 Å². The van der Waals surface area contributed by atoms with Gasteiger partial charge in [0.25, 0.3) is 0 Å². The van der Waals surface area contributed by atoms with E-state index in [1.165, 1.54) is 5.56 Å². The van der Waals surface area contributed by atoms with E-state index in [0.717, 1.165) is 36.9 Å². The predicted molar refractivity (Wildman–Crippen MR) is 90.6 cm³/mol. The number of hydrogen-bond donors (Lipinski definition) is 1. The van der Waals surface area contributed by atoms with Crippen molar-refractivity contribution < 1.29 is 13.2 Å². The Balaban J connectivity index is 1.73. The van der Waals surface area contributed by atoms with Gasteiger partial charge in [-0.2, -0.15) is 4.31 Å². The van der Waals surface area contributed by atoms with E-state index in [1.807, 2.05) is 25.1 Å². The van der Waals surface area contributed by atoms with E-state index in [-0.39, 0.29) is 17.6 Å². The first kappa shape index (κ1) is 16.5. The van der Waals surface area contributed by atoms with Gasteiger partial charge in [0, 0.05) is 24.7 Å². The molecule has 1 amide bonds. The fourth-order valence-corrected chi connectivity index (χ4v) is 4.63. The Morgan fingerprint density at radius 2 is 2.09 bits per heavy atom. The van der Waals surface area contributed by atoms with Gasteiger partial charge in [0.2, 0.25) is 15.9 Å². The molecule has 0 bridgehead atoms. The van der Waals surface area contributed by atoms with Crippen molar-refractivity contribution in [1.82, 2.24) is 4.31 Å². The Labute approximate surface area is 138 Å². The molecule has 3 rings (SSSR count). The molecule has 23 heavy (non-hydrogen) atoms. The van der Waals surface area contributed by atoms with Crippen molar-refractivity contribution in [2.75, 3.05) is 17.6 Å². The second-order valence-corrected chi connectivity index (χ2v) is 8.59. The first-order valence-corrected chi connectivity index (χ1v) is 10.0. The van der Waals surface area contributed by atoms with Gasteiger partial charge in [-0.1, -0.05) is 19.4 Å². The predicted octanol–water partition coefficient (Wildman–Crippen LogP) is 2.52. The van der Waals surface area contributed by atoms with Crippen LogP contribution >= 0.6 is 0 Å². The van der Waals surface area contributed by atoms with Gasteiger partial charge in [-0.25, -0.2) is 8.42 Å². The van der Waals surface area contributed by atoms with Crippen LogP contribution in [0.2, 0.25) is 0 Å². The Morgan fingerprint density at radius 1 is 1.30 bits per heavy atom. The topological polar surface area (TPSA) is 66.5 Å². The number of carbonyl (C=O) groups excluding carboxylic acids is 1. The minimum Gasteiger partial charge on any atom is -0.326 e. The van der Waals surface area contributed by atoms with Crippen LogP contribution in [0.1, 0.15) is 43.7 Å². The molecule has 0 radical (unpaired) electrons. The Kier molecular flexibility index (Phi) is 4.73. The van der Waals surface area contributed by atoms with Gasteiger partial charge in [-0.15, -0.1) is 0 Å². The second kappa shape index (κ2) is 6.61. The maximum Gasteiger partial charge on any atom is 0.227 e. The van der Waals surface area contributed by atoms with Crippen LogP contribution in [-0.2, 0) is 27.8 Å². The molecule has 1 saturated carbocycles. The Hall–Kier alpha value is -1.40. The maximum absolute atomic E-state index is 12.3. The maximum atomic E-state index is 12.3. The van der Waals surface area contributed by atoms with E-state index in [9.17, 15) is 13.2 Å². The first-order valence-electron chi connectivity index (χ1n) is 8.40. The van der Waals surface area contributed by atoms with Crippen LogP contribution in [0.25, 0.3) is 0 Å². The smallest absolute Gasteiger partial charge is 0.227 e. The zero-order valence-electron chi connectivity index (χ0n) is 13.5. The molecule has 6 heteroatoms. The Bertz CT molecular complexity index is 696. The highest BCUT2D eigenvalue weighted by Gasteiger charge is 2.27. The average Bonchev–Trinajstić information content (AvgIpc) is 2.44. The molecule has 5 nitrogen and oxygen atoms in total. The molecule has 1 fully saturated rings. The first-order chi connectivity index (χ1) is 11.0. The third-order valence-corrected chi connectivity index (χ3v) is 6.81. The fraction of sp³-hybridized carbons (Fsp3) is 0.588. The van der Waals surface area contributed by atoms with Crippen molar-refractivity contribution in [3.8, 4) is 0 Å². The number of rotatable bonds is 5. The summed E-state index contributed by atoms with van der Waals surface area (Å²) >= 11 is 0. The van der Waals surface area contributed by atoms with Crippen LogP contribution in [0.3, 0.4) is 0 Å². The summed E-state index contributed by atoms with van der Waals surface area (Å²) in [7, 11) is -3.17. The number of sulfonamides is 1. The molecule has 1 aromatic rings. The summed E-state index contributed by atoms with van der Waals surface area (Å²) in [5.74, 6) is 0.426. The average molecular weight is 336 g/mol. The largest absolute Gasteiger partial charge is 0.326 e. The standard InChI is InChI=1S/C17H24N2O3S/c1-2-10-23(21,22)19-9-8-13-6-7-16(11-15(13)12-19)18-17(20)14-4-3-5-14/h6-7,11,14H,2-5,8-10,12H2,1H3,(H,18,20). The number of anilines is 1. The van der Waals surface area contributed by atoms with Gasteiger partial charge in [-0.3, -0.25) is 4.79 Å². The summed E-state index contributed by atoms with van der Waals surface area (Å²) in [5.41, 5.74) is 2.95. The summed E-state index contributed by atoms with van der Waals surface area (Å²) in [4.78, 5) is 12.1. The zero-order chi connectivity index (χ0) is 16.4. The normalized spacial score (nSPS) is 19.0. The monoisotopic (exact) mass is 336 g/mol. The van der Waals surface area contributed by atoms with Crippen molar-refractivity contribution in [3.63, 3.8) is 0 Å². The molecule has 0 unspecified atom stereocenters. The van der Waals surface area contributed by atoms with E-state index in [4.69, 9.17) is 0 Å². The van der Waals surface area contributed by atoms with Crippen LogP contribution in [0, 0.1) is 5.92 Å². The van der Waals surface area contributed by atoms with Crippen LogP contribution in [-0.4, -0.2) is 30.9 Å². The molecule has 1 aliphatic carbocycles. The summed E-state index contributed by atoms with van der Waals surface area (Å²) in [6.45, 7) is 2.83. The number of amides is 1. The molecule has 1 N–H and O–H groups in total. The molecule has 1 aliphatic heterocycles. The van der Waals surface area contributed by atoms with Crippen molar-refractivity contribution in [2.45, 2.75) is 45.6 Å². The minimum atomic E-state index is -3.17. The van der Waals surface area contributed by atoms with E-state index in [1.54, 1.807) is 4.31 Å². The highest BCUT2D eigenvalue weighted by Crippen LogP contribution is 2.29. The lowest BCUT2D eigenvalue weighted by molar-refractivity contribution is -0.122. The number of nitrogens with zero attached hydrogens (tertiary/aromatic N) is 1. The van der Waals surface area contributed by atoms with E-state index >= 15 is 0 Å². The molecular formula is C17H24N2O3S. The molecule has 1 aromatic carbocycles. The fourth-order valence-electron chi connectivity index (χ4n) is 3.15. The minimum absolute atomic E-state index is 0.0856. The number of nitrogens with one attached hydrogen (secondary N) is 1. The number of carbonyl (C=O) groups is 1. The number of hydrogen-bond acceptors (Lipinski definition) is 3. The molecule has 0 saturated heterocycles. The van der Waals surface area contributed by atoms with Crippen molar-refractivity contribution in [1.29, 1.82) is 0 Å². The third-order valence-electron chi connectivity index (χ3n) is 4.78. The van der Waals surface area contributed by atoms with Crippen LogP contribution in [0.5, 0.6) is 0 Å². The van der Waals surface area contributed by atoms with Crippen LogP contribution in [0.15, 0.2) is 18.2 Å². The molecule has 1 heterocycles. The zero-order valence-corrected chi connectivity index (χ0v) is 14.4. The lowest BCUT2D eigenvalue weighted by Gasteiger charge is -2.29. The third kappa shape index (κ3) is 3.58. The van der Waals surface area contributed by atoms with Gasteiger partial charge >= 0.3 is 0 Å². The van der Waals surface area contributed by atoms with Crippen molar-refractivity contribution in [3.05, 3.63) is 29.3 Å². The highest BCUT2D eigenvalue weighted by molar-refractivity contribution is 7.89. The van der Waals surface area contributed by atoms with Crippen LogP contribution in [0.4, 0.5) is 5.69 Å². The summed E-state index contributed by atoms with van der Waals surface area (Å²) in [6.07, 6.45) is 4.43.